The Morgan fingerprint density at radius 2 is 1.83 bits per heavy atom. The smallest absolute Gasteiger partial charge is 0.270 e. The van der Waals surface area contributed by atoms with E-state index in [1.54, 1.807) is 24.3 Å². The Bertz CT molecular complexity index is 782. The summed E-state index contributed by atoms with van der Waals surface area (Å²) in [5.41, 5.74) is 10.9. The molecule has 0 fully saturated rings. The van der Waals surface area contributed by atoms with Gasteiger partial charge in [0.1, 0.15) is 5.75 Å². The number of phenols is 1. The molecular weight excluding hydrogens is 302 g/mol. The number of nitrogens with two attached hydrogens (primary N) is 2. The molecule has 0 aliphatic carbocycles. The zero-order chi connectivity index (χ0) is 17.0. The summed E-state index contributed by atoms with van der Waals surface area (Å²) in [6.45, 7) is 0. The molecule has 9 nitrogen and oxygen atoms in total. The van der Waals surface area contributed by atoms with Crippen LogP contribution in [0.25, 0.3) is 0 Å². The van der Waals surface area contributed by atoms with Crippen LogP contribution >= 0.6 is 0 Å². The van der Waals surface area contributed by atoms with Gasteiger partial charge in [0.15, 0.2) is 5.96 Å². The number of rotatable bonds is 4. The van der Waals surface area contributed by atoms with E-state index >= 15 is 0 Å². The largest absolute Gasteiger partial charge is 0.507 e. The molecule has 1 amide bonds. The average Bonchev–Trinajstić information content (AvgIpc) is 2.48. The van der Waals surface area contributed by atoms with Crippen LogP contribution in [0.2, 0.25) is 0 Å². The fourth-order valence-electron chi connectivity index (χ4n) is 1.79. The summed E-state index contributed by atoms with van der Waals surface area (Å²) >= 11 is 0. The number of guanidine groups is 1. The van der Waals surface area contributed by atoms with Crippen molar-refractivity contribution < 1.29 is 14.8 Å². The topological polar surface area (TPSA) is 157 Å². The second-order valence-corrected chi connectivity index (χ2v) is 4.50. The highest BCUT2D eigenvalue weighted by Gasteiger charge is 2.16. The number of non-ortho nitro benzene ring substituents is 1. The normalized spacial score (nSPS) is 9.91. The second kappa shape index (κ2) is 6.43. The summed E-state index contributed by atoms with van der Waals surface area (Å²) in [7, 11) is 0. The first-order valence-corrected chi connectivity index (χ1v) is 6.35. The van der Waals surface area contributed by atoms with Gasteiger partial charge in [-0.25, -0.2) is 4.99 Å². The van der Waals surface area contributed by atoms with Crippen molar-refractivity contribution in [1.82, 2.24) is 0 Å². The third-order valence-electron chi connectivity index (χ3n) is 2.82. The summed E-state index contributed by atoms with van der Waals surface area (Å²) in [4.78, 5) is 26.0. The number of aliphatic imine (C=N–C) groups is 1. The van der Waals surface area contributed by atoms with Crippen molar-refractivity contribution in [2.45, 2.75) is 0 Å². The summed E-state index contributed by atoms with van der Waals surface area (Å²) < 4.78 is 0. The molecule has 0 unspecified atom stereocenters. The van der Waals surface area contributed by atoms with Gasteiger partial charge in [-0.15, -0.1) is 0 Å². The van der Waals surface area contributed by atoms with Crippen molar-refractivity contribution in [2.24, 2.45) is 16.5 Å². The van der Waals surface area contributed by atoms with E-state index in [9.17, 15) is 20.0 Å². The van der Waals surface area contributed by atoms with Crippen molar-refractivity contribution in [3.05, 3.63) is 58.1 Å². The van der Waals surface area contributed by atoms with E-state index < -0.39 is 10.8 Å². The Labute approximate surface area is 130 Å². The van der Waals surface area contributed by atoms with Gasteiger partial charge in [-0.1, -0.05) is 0 Å². The number of carbonyl (C=O) groups excluding carboxylic acids is 1. The van der Waals surface area contributed by atoms with Crippen LogP contribution in [0.4, 0.5) is 17.1 Å². The predicted molar refractivity (Wildman–Crippen MR) is 84.6 cm³/mol. The van der Waals surface area contributed by atoms with E-state index in [1.165, 1.54) is 0 Å². The summed E-state index contributed by atoms with van der Waals surface area (Å²) in [6, 6.07) is 9.44. The molecule has 0 spiro atoms. The minimum atomic E-state index is -0.680. The lowest BCUT2D eigenvalue weighted by atomic mass is 10.1. The van der Waals surface area contributed by atoms with Gasteiger partial charge in [-0.2, -0.15) is 0 Å². The monoisotopic (exact) mass is 315 g/mol. The maximum atomic E-state index is 12.1. The molecule has 0 bridgehead atoms. The van der Waals surface area contributed by atoms with Gasteiger partial charge in [0.25, 0.3) is 11.6 Å². The molecule has 118 valence electrons. The molecule has 0 saturated carbocycles. The maximum absolute atomic E-state index is 12.1. The lowest BCUT2D eigenvalue weighted by Crippen LogP contribution is -2.21. The first-order chi connectivity index (χ1) is 10.9. The first kappa shape index (κ1) is 15.8. The standard InChI is InChI=1S/C14H13N5O4/c15-14(16)18-9-3-1-8(2-4-9)17-13(21)11-7-10(19(22)23)5-6-12(11)20/h1-7,20H,(H,17,21)(H4,15,16,18). The number of hydrogen-bond acceptors (Lipinski definition) is 5. The van der Waals surface area contributed by atoms with E-state index in [0.29, 0.717) is 11.4 Å². The zero-order valence-electron chi connectivity index (χ0n) is 11.8. The number of benzene rings is 2. The highest BCUT2D eigenvalue weighted by Crippen LogP contribution is 2.24. The number of nitro groups is 1. The number of hydrogen-bond donors (Lipinski definition) is 4. The number of nitro benzene ring substituents is 1. The summed E-state index contributed by atoms with van der Waals surface area (Å²) in [5, 5.41) is 22.9. The minimum absolute atomic E-state index is 0.0942. The highest BCUT2D eigenvalue weighted by atomic mass is 16.6. The van der Waals surface area contributed by atoms with Gasteiger partial charge in [-0.3, -0.25) is 14.9 Å². The number of aromatic hydroxyl groups is 1. The van der Waals surface area contributed by atoms with Gasteiger partial charge in [0.2, 0.25) is 0 Å². The Kier molecular flexibility index (Phi) is 4.41. The van der Waals surface area contributed by atoms with Crippen molar-refractivity contribution in [1.29, 1.82) is 0 Å². The molecule has 23 heavy (non-hydrogen) atoms. The van der Waals surface area contributed by atoms with Gasteiger partial charge >= 0.3 is 0 Å². The molecule has 0 saturated heterocycles. The van der Waals surface area contributed by atoms with E-state index in [0.717, 1.165) is 18.2 Å². The number of nitrogens with one attached hydrogen (secondary N) is 1. The lowest BCUT2D eigenvalue weighted by molar-refractivity contribution is -0.384. The third-order valence-corrected chi connectivity index (χ3v) is 2.82. The maximum Gasteiger partial charge on any atom is 0.270 e. The number of nitrogens with zero attached hydrogens (tertiary/aromatic N) is 2. The lowest BCUT2D eigenvalue weighted by Gasteiger charge is -2.07. The summed E-state index contributed by atoms with van der Waals surface area (Å²) in [6.07, 6.45) is 0. The average molecular weight is 315 g/mol. The fraction of sp³-hybridized carbons (Fsp3) is 0. The first-order valence-electron chi connectivity index (χ1n) is 6.35. The Hall–Kier alpha value is -3.62. The molecule has 2 rings (SSSR count). The molecule has 0 aliphatic heterocycles. The van der Waals surface area contributed by atoms with Crippen LogP contribution in [0.5, 0.6) is 5.75 Å². The van der Waals surface area contributed by atoms with Crippen molar-refractivity contribution in [3.8, 4) is 5.75 Å². The number of amides is 1. The van der Waals surface area contributed by atoms with Crippen molar-refractivity contribution >= 4 is 28.9 Å². The van der Waals surface area contributed by atoms with E-state index in [1.807, 2.05) is 0 Å². The molecule has 0 aromatic heterocycles. The SMILES string of the molecule is NC(N)=Nc1ccc(NC(=O)c2cc([N+](=O)[O-])ccc2O)cc1. The molecule has 0 heterocycles. The molecule has 0 aliphatic rings. The van der Waals surface area contributed by atoms with Crippen LogP contribution in [0.15, 0.2) is 47.5 Å². The molecule has 0 atom stereocenters. The second-order valence-electron chi connectivity index (χ2n) is 4.50. The quantitative estimate of drug-likeness (QED) is 0.289. The van der Waals surface area contributed by atoms with Gasteiger partial charge in [0, 0.05) is 17.8 Å². The number of phenolic OH excluding ortho intramolecular Hbond substituents is 1. The molecule has 6 N–H and O–H groups in total. The van der Waals surface area contributed by atoms with E-state index in [-0.39, 0.29) is 23.0 Å². The van der Waals surface area contributed by atoms with Crippen LogP contribution in [0.3, 0.4) is 0 Å². The molecule has 0 radical (unpaired) electrons. The van der Waals surface area contributed by atoms with Crippen LogP contribution in [-0.2, 0) is 0 Å². The third kappa shape index (κ3) is 3.94. The summed E-state index contributed by atoms with van der Waals surface area (Å²) in [5.74, 6) is -1.13. The van der Waals surface area contributed by atoms with E-state index in [4.69, 9.17) is 11.5 Å². The Balaban J connectivity index is 2.20. The number of carbonyl (C=O) groups is 1. The van der Waals surface area contributed by atoms with Crippen LogP contribution in [0, 0.1) is 10.1 Å². The van der Waals surface area contributed by atoms with E-state index in [2.05, 4.69) is 10.3 Å². The molecule has 2 aromatic carbocycles. The Morgan fingerprint density at radius 3 is 2.39 bits per heavy atom. The highest BCUT2D eigenvalue weighted by molar-refractivity contribution is 6.06. The molecule has 9 heteroatoms. The van der Waals surface area contributed by atoms with Crippen molar-refractivity contribution in [2.75, 3.05) is 5.32 Å². The van der Waals surface area contributed by atoms with Gasteiger partial charge in [-0.05, 0) is 30.3 Å². The van der Waals surface area contributed by atoms with Crippen molar-refractivity contribution in [3.63, 3.8) is 0 Å². The van der Waals surface area contributed by atoms with Gasteiger partial charge in [0.05, 0.1) is 16.2 Å². The van der Waals surface area contributed by atoms with Crippen LogP contribution in [0.1, 0.15) is 10.4 Å². The van der Waals surface area contributed by atoms with Crippen LogP contribution < -0.4 is 16.8 Å². The van der Waals surface area contributed by atoms with Gasteiger partial charge < -0.3 is 21.9 Å². The zero-order valence-corrected chi connectivity index (χ0v) is 11.8. The number of anilines is 1. The Morgan fingerprint density at radius 1 is 1.17 bits per heavy atom. The minimum Gasteiger partial charge on any atom is -0.507 e. The molecular formula is C14H13N5O4. The van der Waals surface area contributed by atoms with Crippen LogP contribution in [-0.4, -0.2) is 21.9 Å². The molecule has 2 aromatic rings. The predicted octanol–water partition coefficient (Wildman–Crippen LogP) is 1.46. The fourth-order valence-corrected chi connectivity index (χ4v) is 1.79.